The predicted octanol–water partition coefficient (Wildman–Crippen LogP) is -0.0354. The summed E-state index contributed by atoms with van der Waals surface area (Å²) in [5, 5.41) is 6.87. The molecule has 4 rings (SSSR count). The predicted molar refractivity (Wildman–Crippen MR) is 79.5 cm³/mol. The van der Waals surface area contributed by atoms with Gasteiger partial charge in [-0.3, -0.25) is 4.79 Å². The number of piperazine rings is 1. The first-order valence-corrected chi connectivity index (χ1v) is 7.72. The molecule has 2 atom stereocenters. The lowest BCUT2D eigenvalue weighted by Gasteiger charge is -2.38. The average Bonchev–Trinajstić information content (AvgIpc) is 2.49. The van der Waals surface area contributed by atoms with Gasteiger partial charge in [-0.25, -0.2) is 0 Å². The van der Waals surface area contributed by atoms with Crippen molar-refractivity contribution in [3.63, 3.8) is 0 Å². The second-order valence-corrected chi connectivity index (χ2v) is 6.28. The Morgan fingerprint density at radius 3 is 2.80 bits per heavy atom. The zero-order chi connectivity index (χ0) is 13.5. The van der Waals surface area contributed by atoms with Gasteiger partial charge in [0, 0.05) is 62.6 Å². The van der Waals surface area contributed by atoms with Gasteiger partial charge >= 0.3 is 0 Å². The second kappa shape index (κ2) is 4.90. The van der Waals surface area contributed by atoms with Gasteiger partial charge in [0.2, 0.25) is 0 Å². The van der Waals surface area contributed by atoms with E-state index in [-0.39, 0.29) is 5.56 Å². The maximum Gasteiger partial charge on any atom is 0.252 e. The van der Waals surface area contributed by atoms with Crippen LogP contribution in [0.15, 0.2) is 16.9 Å². The van der Waals surface area contributed by atoms with Crippen molar-refractivity contribution in [2.75, 3.05) is 44.2 Å². The van der Waals surface area contributed by atoms with E-state index in [0.717, 1.165) is 51.5 Å². The van der Waals surface area contributed by atoms with Crippen LogP contribution in [0.4, 0.5) is 5.69 Å². The van der Waals surface area contributed by atoms with Crippen molar-refractivity contribution in [3.8, 4) is 0 Å². The molecule has 2 fully saturated rings. The van der Waals surface area contributed by atoms with Crippen LogP contribution in [0.5, 0.6) is 0 Å². The average molecular weight is 274 g/mol. The first kappa shape index (κ1) is 12.4. The minimum Gasteiger partial charge on any atom is -0.369 e. The first-order chi connectivity index (χ1) is 9.81. The van der Waals surface area contributed by atoms with Crippen LogP contribution in [0.25, 0.3) is 0 Å². The molecule has 3 aliphatic heterocycles. The highest BCUT2D eigenvalue weighted by Gasteiger charge is 2.31. The van der Waals surface area contributed by atoms with Crippen molar-refractivity contribution in [2.24, 2.45) is 5.92 Å². The molecule has 108 valence electrons. The van der Waals surface area contributed by atoms with E-state index in [0.29, 0.717) is 11.8 Å². The van der Waals surface area contributed by atoms with Gasteiger partial charge in [0.05, 0.1) is 0 Å². The standard InChI is InChI=1S/C15H22N4O/c20-15-7-13(18-3-1-16-2-4-18)6-14-12-5-11(8-17-9-12)10-19(14)15/h6-7,11-12,16-17H,1-5,8-10H2/t11?,12-/m0/s1. The summed E-state index contributed by atoms with van der Waals surface area (Å²) in [7, 11) is 0. The van der Waals surface area contributed by atoms with Gasteiger partial charge in [0.15, 0.2) is 0 Å². The molecule has 3 aliphatic rings. The highest BCUT2D eigenvalue weighted by Crippen LogP contribution is 2.33. The number of piperidine rings is 1. The molecule has 5 nitrogen and oxygen atoms in total. The van der Waals surface area contributed by atoms with E-state index >= 15 is 0 Å². The zero-order valence-corrected chi connectivity index (χ0v) is 11.8. The summed E-state index contributed by atoms with van der Waals surface area (Å²) in [5.41, 5.74) is 2.55. The molecule has 1 unspecified atom stereocenters. The summed E-state index contributed by atoms with van der Waals surface area (Å²) in [6.07, 6.45) is 1.23. The SMILES string of the molecule is O=c1cc(N2CCNCC2)cc2n1CC1CNC[C@@H]2C1. The molecule has 2 saturated heterocycles. The minimum absolute atomic E-state index is 0.188. The Bertz CT molecular complexity index is 561. The summed E-state index contributed by atoms with van der Waals surface area (Å²) in [4.78, 5) is 14.8. The molecule has 5 heteroatoms. The van der Waals surface area contributed by atoms with Gasteiger partial charge in [0.25, 0.3) is 5.56 Å². The van der Waals surface area contributed by atoms with Crippen LogP contribution in [0.3, 0.4) is 0 Å². The lowest BCUT2D eigenvalue weighted by Crippen LogP contribution is -2.46. The monoisotopic (exact) mass is 274 g/mol. The number of aromatic nitrogens is 1. The normalized spacial score (nSPS) is 29.1. The molecule has 2 bridgehead atoms. The summed E-state index contributed by atoms with van der Waals surface area (Å²) >= 11 is 0. The van der Waals surface area contributed by atoms with Crippen molar-refractivity contribution in [1.82, 2.24) is 15.2 Å². The van der Waals surface area contributed by atoms with E-state index < -0.39 is 0 Å². The van der Waals surface area contributed by atoms with E-state index in [1.807, 2.05) is 10.6 Å². The highest BCUT2D eigenvalue weighted by molar-refractivity contribution is 5.48. The van der Waals surface area contributed by atoms with Gasteiger partial charge < -0.3 is 20.1 Å². The zero-order valence-electron chi connectivity index (χ0n) is 11.8. The van der Waals surface area contributed by atoms with Crippen LogP contribution in [0.1, 0.15) is 18.0 Å². The Labute approximate surface area is 119 Å². The maximum absolute atomic E-state index is 12.5. The molecule has 0 amide bonds. The first-order valence-electron chi connectivity index (χ1n) is 7.72. The second-order valence-electron chi connectivity index (χ2n) is 6.28. The van der Waals surface area contributed by atoms with Gasteiger partial charge in [-0.15, -0.1) is 0 Å². The number of hydrogen-bond acceptors (Lipinski definition) is 4. The summed E-state index contributed by atoms with van der Waals surface area (Å²) in [6, 6.07) is 4.10. The lowest BCUT2D eigenvalue weighted by atomic mass is 9.84. The highest BCUT2D eigenvalue weighted by atomic mass is 16.1. The van der Waals surface area contributed by atoms with Crippen molar-refractivity contribution >= 4 is 5.69 Å². The molecule has 0 aromatic carbocycles. The van der Waals surface area contributed by atoms with Gasteiger partial charge in [-0.05, 0) is 24.9 Å². The van der Waals surface area contributed by atoms with Crippen molar-refractivity contribution in [3.05, 3.63) is 28.2 Å². The molecular formula is C15H22N4O. The van der Waals surface area contributed by atoms with E-state index in [1.165, 1.54) is 12.1 Å². The van der Waals surface area contributed by atoms with E-state index in [1.54, 1.807) is 0 Å². The number of nitrogens with one attached hydrogen (secondary N) is 2. The van der Waals surface area contributed by atoms with Crippen molar-refractivity contribution in [2.45, 2.75) is 18.9 Å². The molecule has 0 saturated carbocycles. The van der Waals surface area contributed by atoms with E-state index in [2.05, 4.69) is 21.6 Å². The number of anilines is 1. The minimum atomic E-state index is 0.188. The number of rotatable bonds is 1. The summed E-state index contributed by atoms with van der Waals surface area (Å²) < 4.78 is 2.02. The number of pyridine rings is 1. The fourth-order valence-corrected chi connectivity index (χ4v) is 3.90. The fourth-order valence-electron chi connectivity index (χ4n) is 3.90. The topological polar surface area (TPSA) is 49.3 Å². The fraction of sp³-hybridized carbons (Fsp3) is 0.667. The molecule has 1 aromatic heterocycles. The maximum atomic E-state index is 12.5. The third kappa shape index (κ3) is 2.05. The van der Waals surface area contributed by atoms with Crippen LogP contribution >= 0.6 is 0 Å². The number of fused-ring (bicyclic) bond motifs is 4. The van der Waals surface area contributed by atoms with Crippen LogP contribution in [-0.2, 0) is 6.54 Å². The largest absolute Gasteiger partial charge is 0.369 e. The van der Waals surface area contributed by atoms with Crippen LogP contribution in [0.2, 0.25) is 0 Å². The Morgan fingerprint density at radius 1 is 1.10 bits per heavy atom. The Morgan fingerprint density at radius 2 is 1.95 bits per heavy atom. The van der Waals surface area contributed by atoms with E-state index in [4.69, 9.17) is 0 Å². The van der Waals surface area contributed by atoms with E-state index in [9.17, 15) is 4.79 Å². The molecule has 1 aromatic rings. The van der Waals surface area contributed by atoms with Crippen molar-refractivity contribution < 1.29 is 0 Å². The lowest BCUT2D eigenvalue weighted by molar-refractivity contribution is 0.257. The third-order valence-electron chi connectivity index (χ3n) is 4.93. The number of hydrogen-bond donors (Lipinski definition) is 2. The molecule has 0 spiro atoms. The summed E-state index contributed by atoms with van der Waals surface area (Å²) in [6.45, 7) is 6.96. The number of nitrogens with zero attached hydrogens (tertiary/aromatic N) is 2. The Kier molecular flexibility index (Phi) is 3.04. The van der Waals surface area contributed by atoms with Gasteiger partial charge in [-0.1, -0.05) is 0 Å². The third-order valence-corrected chi connectivity index (χ3v) is 4.93. The van der Waals surface area contributed by atoms with Crippen LogP contribution in [-0.4, -0.2) is 43.8 Å². The smallest absolute Gasteiger partial charge is 0.252 e. The Balaban J connectivity index is 1.73. The molecular weight excluding hydrogens is 252 g/mol. The molecule has 20 heavy (non-hydrogen) atoms. The molecule has 0 radical (unpaired) electrons. The molecule has 4 heterocycles. The van der Waals surface area contributed by atoms with Crippen molar-refractivity contribution in [1.29, 1.82) is 0 Å². The summed E-state index contributed by atoms with van der Waals surface area (Å²) in [5.74, 6) is 1.14. The molecule has 0 aliphatic carbocycles. The quantitative estimate of drug-likeness (QED) is 0.755. The Hall–Kier alpha value is -1.33. The van der Waals surface area contributed by atoms with Gasteiger partial charge in [-0.2, -0.15) is 0 Å². The van der Waals surface area contributed by atoms with Crippen LogP contribution in [0, 0.1) is 5.92 Å². The molecule has 2 N–H and O–H groups in total. The van der Waals surface area contributed by atoms with Crippen LogP contribution < -0.4 is 21.1 Å². The van der Waals surface area contributed by atoms with Gasteiger partial charge in [0.1, 0.15) is 0 Å².